The summed E-state index contributed by atoms with van der Waals surface area (Å²) in [5.41, 5.74) is 1.37. The number of guanidine groups is 1. The van der Waals surface area contributed by atoms with Crippen molar-refractivity contribution in [1.82, 2.24) is 25.7 Å². The number of aromatic nitrogens is 2. The predicted molar refractivity (Wildman–Crippen MR) is 111 cm³/mol. The van der Waals surface area contributed by atoms with E-state index in [1.807, 2.05) is 6.92 Å². The van der Waals surface area contributed by atoms with E-state index >= 15 is 0 Å². The molecule has 0 aliphatic carbocycles. The Morgan fingerprint density at radius 2 is 2.14 bits per heavy atom. The Morgan fingerprint density at radius 1 is 1.32 bits per heavy atom. The van der Waals surface area contributed by atoms with Gasteiger partial charge in [0, 0.05) is 44.7 Å². The van der Waals surface area contributed by atoms with Crippen molar-refractivity contribution in [2.45, 2.75) is 58.7 Å². The third-order valence-corrected chi connectivity index (χ3v) is 5.01. The molecule has 1 aliphatic heterocycles. The van der Waals surface area contributed by atoms with Gasteiger partial charge in [-0.2, -0.15) is 4.98 Å². The van der Waals surface area contributed by atoms with Gasteiger partial charge in [0.05, 0.1) is 0 Å². The lowest BCUT2D eigenvalue weighted by molar-refractivity contribution is 0.258. The van der Waals surface area contributed by atoms with Gasteiger partial charge in [-0.15, -0.1) is 0 Å². The molecule has 1 aliphatic rings. The molecule has 2 N–H and O–H groups in total. The highest BCUT2D eigenvalue weighted by Crippen LogP contribution is 2.20. The molecule has 0 amide bonds. The summed E-state index contributed by atoms with van der Waals surface area (Å²) in [6.45, 7) is 9.84. The van der Waals surface area contributed by atoms with Gasteiger partial charge in [0.2, 0.25) is 5.89 Å². The molecule has 1 saturated heterocycles. The standard InChI is InChI=1S/C21H32N6O/c1-4-22-21(23-12-8-11-20-24-17(3)26-28-20)25-19-13-16(2)27(15-19)14-18-9-6-5-7-10-18/h5-7,9-10,16,19H,4,8,11-15H2,1-3H3,(H2,22,23,25). The first-order valence-electron chi connectivity index (χ1n) is 10.3. The van der Waals surface area contributed by atoms with Crippen molar-refractivity contribution in [3.63, 3.8) is 0 Å². The lowest BCUT2D eigenvalue weighted by Crippen LogP contribution is -2.44. The summed E-state index contributed by atoms with van der Waals surface area (Å²) in [4.78, 5) is 11.5. The van der Waals surface area contributed by atoms with Gasteiger partial charge in [-0.25, -0.2) is 0 Å². The van der Waals surface area contributed by atoms with Crippen LogP contribution in [-0.4, -0.2) is 52.7 Å². The Hall–Kier alpha value is -2.41. The van der Waals surface area contributed by atoms with Gasteiger partial charge in [-0.3, -0.25) is 9.89 Å². The fourth-order valence-electron chi connectivity index (χ4n) is 3.62. The second kappa shape index (κ2) is 10.2. The summed E-state index contributed by atoms with van der Waals surface area (Å²) in [6.07, 6.45) is 2.77. The molecule has 2 heterocycles. The summed E-state index contributed by atoms with van der Waals surface area (Å²) in [5, 5.41) is 10.8. The van der Waals surface area contributed by atoms with Crippen LogP contribution in [0, 0.1) is 6.92 Å². The van der Waals surface area contributed by atoms with Crippen LogP contribution in [0.4, 0.5) is 0 Å². The number of aliphatic imine (C=N–C) groups is 1. The highest BCUT2D eigenvalue weighted by atomic mass is 16.5. The Labute approximate surface area is 167 Å². The van der Waals surface area contributed by atoms with E-state index in [2.05, 4.69) is 69.9 Å². The minimum Gasteiger partial charge on any atom is -0.357 e. The van der Waals surface area contributed by atoms with E-state index in [0.29, 0.717) is 23.8 Å². The Kier molecular flexibility index (Phi) is 7.42. The molecule has 1 aromatic heterocycles. The largest absolute Gasteiger partial charge is 0.357 e. The molecule has 28 heavy (non-hydrogen) atoms. The molecule has 3 rings (SSSR count). The SMILES string of the molecule is CCNC(=NCCCc1nc(C)no1)NC1CC(C)N(Cc2ccccc2)C1. The molecule has 2 atom stereocenters. The Bertz CT molecular complexity index is 744. The normalized spacial score (nSPS) is 20.5. The maximum absolute atomic E-state index is 5.15. The summed E-state index contributed by atoms with van der Waals surface area (Å²) in [6, 6.07) is 11.7. The number of nitrogens with zero attached hydrogens (tertiary/aromatic N) is 4. The molecule has 1 aromatic carbocycles. The molecule has 7 nitrogen and oxygen atoms in total. The molecule has 0 bridgehead atoms. The van der Waals surface area contributed by atoms with Gasteiger partial charge in [0.1, 0.15) is 0 Å². The number of hydrogen-bond donors (Lipinski definition) is 2. The molecular weight excluding hydrogens is 352 g/mol. The van der Waals surface area contributed by atoms with Crippen LogP contribution >= 0.6 is 0 Å². The van der Waals surface area contributed by atoms with Crippen LogP contribution in [0.2, 0.25) is 0 Å². The van der Waals surface area contributed by atoms with Crippen LogP contribution in [0.15, 0.2) is 39.8 Å². The van der Waals surface area contributed by atoms with Gasteiger partial charge in [-0.05, 0) is 39.2 Å². The van der Waals surface area contributed by atoms with Crippen molar-refractivity contribution in [2.75, 3.05) is 19.6 Å². The molecule has 152 valence electrons. The minimum atomic E-state index is 0.412. The molecular formula is C21H32N6O. The molecule has 0 spiro atoms. The van der Waals surface area contributed by atoms with E-state index in [1.165, 1.54) is 5.56 Å². The molecule has 7 heteroatoms. The number of likely N-dealkylation sites (tertiary alicyclic amines) is 1. The number of aryl methyl sites for hydroxylation is 2. The van der Waals surface area contributed by atoms with Gasteiger partial charge >= 0.3 is 0 Å². The highest BCUT2D eigenvalue weighted by molar-refractivity contribution is 5.80. The van der Waals surface area contributed by atoms with E-state index in [0.717, 1.165) is 51.4 Å². The first kappa shape index (κ1) is 20.3. The first-order chi connectivity index (χ1) is 13.6. The lowest BCUT2D eigenvalue weighted by atomic mass is 10.2. The quantitative estimate of drug-likeness (QED) is 0.414. The van der Waals surface area contributed by atoms with Crippen LogP contribution in [0.25, 0.3) is 0 Å². The van der Waals surface area contributed by atoms with Crippen LogP contribution in [-0.2, 0) is 13.0 Å². The average Bonchev–Trinajstić information content (AvgIpc) is 3.25. The fraction of sp³-hybridized carbons (Fsp3) is 0.571. The first-order valence-corrected chi connectivity index (χ1v) is 10.3. The van der Waals surface area contributed by atoms with Crippen molar-refractivity contribution in [2.24, 2.45) is 4.99 Å². The topological polar surface area (TPSA) is 78.6 Å². The van der Waals surface area contributed by atoms with Crippen molar-refractivity contribution in [1.29, 1.82) is 0 Å². The van der Waals surface area contributed by atoms with Crippen LogP contribution in [0.3, 0.4) is 0 Å². The van der Waals surface area contributed by atoms with E-state index in [1.54, 1.807) is 0 Å². The van der Waals surface area contributed by atoms with Crippen molar-refractivity contribution < 1.29 is 4.52 Å². The zero-order valence-electron chi connectivity index (χ0n) is 17.2. The summed E-state index contributed by atoms with van der Waals surface area (Å²) >= 11 is 0. The van der Waals surface area contributed by atoms with E-state index in [9.17, 15) is 0 Å². The van der Waals surface area contributed by atoms with Gasteiger partial charge < -0.3 is 15.2 Å². The Morgan fingerprint density at radius 3 is 2.86 bits per heavy atom. The second-order valence-corrected chi connectivity index (χ2v) is 7.44. The van der Waals surface area contributed by atoms with Gasteiger partial charge in [0.15, 0.2) is 11.8 Å². The molecule has 2 aromatic rings. The second-order valence-electron chi connectivity index (χ2n) is 7.44. The smallest absolute Gasteiger partial charge is 0.226 e. The maximum Gasteiger partial charge on any atom is 0.226 e. The average molecular weight is 385 g/mol. The van der Waals surface area contributed by atoms with Crippen LogP contribution in [0.5, 0.6) is 0 Å². The third kappa shape index (κ3) is 6.05. The lowest BCUT2D eigenvalue weighted by Gasteiger charge is -2.21. The summed E-state index contributed by atoms with van der Waals surface area (Å²) in [7, 11) is 0. The molecule has 1 fully saturated rings. The minimum absolute atomic E-state index is 0.412. The Balaban J connectivity index is 1.47. The van der Waals surface area contributed by atoms with E-state index in [4.69, 9.17) is 9.52 Å². The number of rotatable bonds is 8. The van der Waals surface area contributed by atoms with Crippen molar-refractivity contribution in [3.05, 3.63) is 47.6 Å². The molecule has 2 unspecified atom stereocenters. The predicted octanol–water partition coefficient (Wildman–Crippen LogP) is 2.53. The zero-order chi connectivity index (χ0) is 19.8. The van der Waals surface area contributed by atoms with E-state index in [-0.39, 0.29) is 0 Å². The number of nitrogens with one attached hydrogen (secondary N) is 2. The maximum atomic E-state index is 5.15. The number of hydrogen-bond acceptors (Lipinski definition) is 5. The van der Waals surface area contributed by atoms with Crippen LogP contribution in [0.1, 0.15) is 44.0 Å². The van der Waals surface area contributed by atoms with Gasteiger partial charge in [0.25, 0.3) is 0 Å². The highest BCUT2D eigenvalue weighted by Gasteiger charge is 2.29. The molecule has 0 saturated carbocycles. The van der Waals surface area contributed by atoms with E-state index < -0.39 is 0 Å². The molecule has 0 radical (unpaired) electrons. The van der Waals surface area contributed by atoms with Gasteiger partial charge in [-0.1, -0.05) is 35.5 Å². The fourth-order valence-corrected chi connectivity index (χ4v) is 3.62. The zero-order valence-corrected chi connectivity index (χ0v) is 17.2. The number of benzene rings is 1. The van der Waals surface area contributed by atoms with Crippen LogP contribution < -0.4 is 10.6 Å². The summed E-state index contributed by atoms with van der Waals surface area (Å²) < 4.78 is 5.15. The monoisotopic (exact) mass is 384 g/mol. The summed E-state index contributed by atoms with van der Waals surface area (Å²) in [5.74, 6) is 2.26. The third-order valence-electron chi connectivity index (χ3n) is 5.01. The van der Waals surface area contributed by atoms with Crippen molar-refractivity contribution in [3.8, 4) is 0 Å². The van der Waals surface area contributed by atoms with Crippen molar-refractivity contribution >= 4 is 5.96 Å².